The molecule has 152 valence electrons. The number of carbonyl (C=O) groups excluding carboxylic acids is 2. The molecule has 3 N–H and O–H groups in total. The summed E-state index contributed by atoms with van der Waals surface area (Å²) in [6, 6.07) is 5.59. The Kier molecular flexibility index (Phi) is 5.89. The number of halogens is 1. The lowest BCUT2D eigenvalue weighted by Gasteiger charge is -2.31. The summed E-state index contributed by atoms with van der Waals surface area (Å²) in [6.45, 7) is 5.85. The maximum Gasteiger partial charge on any atom is 0.407 e. The lowest BCUT2D eigenvalue weighted by Crippen LogP contribution is -2.54. The van der Waals surface area contributed by atoms with Crippen LogP contribution in [0.4, 0.5) is 4.79 Å². The molecular weight excluding hydrogens is 378 g/mol. The van der Waals surface area contributed by atoms with Crippen LogP contribution in [0, 0.1) is 0 Å². The van der Waals surface area contributed by atoms with Crippen molar-refractivity contribution in [3.8, 4) is 0 Å². The van der Waals surface area contributed by atoms with Crippen LogP contribution >= 0.6 is 11.6 Å². The third-order valence-electron chi connectivity index (χ3n) is 5.02. The van der Waals surface area contributed by atoms with Gasteiger partial charge in [-0.25, -0.2) is 4.79 Å². The second-order valence-corrected chi connectivity index (χ2v) is 9.01. The van der Waals surface area contributed by atoms with Gasteiger partial charge < -0.3 is 20.4 Å². The average Bonchev–Trinajstić information content (AvgIpc) is 3.19. The molecule has 0 unspecified atom stereocenters. The van der Waals surface area contributed by atoms with Gasteiger partial charge >= 0.3 is 6.09 Å². The molecule has 6 nitrogen and oxygen atoms in total. The van der Waals surface area contributed by atoms with Gasteiger partial charge in [0.25, 0.3) is 0 Å². The molecule has 0 radical (unpaired) electrons. The van der Waals surface area contributed by atoms with E-state index in [1.807, 2.05) is 45.2 Å². The first kappa shape index (κ1) is 20.5. The van der Waals surface area contributed by atoms with E-state index < -0.39 is 17.2 Å². The van der Waals surface area contributed by atoms with Crippen LogP contribution in [0.25, 0.3) is 10.9 Å². The summed E-state index contributed by atoms with van der Waals surface area (Å²) < 4.78 is 5.31. The number of hydrogen-bond donors (Lipinski definition) is 3. The maximum atomic E-state index is 12.8. The van der Waals surface area contributed by atoms with Crippen molar-refractivity contribution >= 4 is 34.5 Å². The molecule has 1 aliphatic carbocycles. The number of fused-ring (bicyclic) bond motifs is 1. The highest BCUT2D eigenvalue weighted by Gasteiger charge is 2.36. The Balaban J connectivity index is 1.63. The minimum Gasteiger partial charge on any atom is -0.444 e. The summed E-state index contributed by atoms with van der Waals surface area (Å²) >= 11 is 6.02. The van der Waals surface area contributed by atoms with Gasteiger partial charge in [0.1, 0.15) is 5.60 Å². The quantitative estimate of drug-likeness (QED) is 0.692. The average molecular weight is 406 g/mol. The number of H-pyrrole nitrogens is 1. The van der Waals surface area contributed by atoms with Crippen molar-refractivity contribution in [3.05, 3.63) is 35.0 Å². The molecule has 3 rings (SSSR count). The van der Waals surface area contributed by atoms with Gasteiger partial charge in [-0.15, -0.1) is 0 Å². The molecule has 0 atom stereocenters. The SMILES string of the molecule is CC(C)(C)OC(=O)NCC1(NC(=O)Cc2c[nH]c3cc(Cl)ccc23)CCCC1. The van der Waals surface area contributed by atoms with Gasteiger partial charge in [0.15, 0.2) is 0 Å². The summed E-state index contributed by atoms with van der Waals surface area (Å²) in [5, 5.41) is 7.65. The molecule has 1 fully saturated rings. The molecule has 0 bridgehead atoms. The van der Waals surface area contributed by atoms with Crippen LogP contribution in [0.1, 0.15) is 52.0 Å². The fourth-order valence-corrected chi connectivity index (χ4v) is 3.94. The molecule has 7 heteroatoms. The highest BCUT2D eigenvalue weighted by Crippen LogP contribution is 2.30. The number of benzene rings is 1. The van der Waals surface area contributed by atoms with Crippen molar-refractivity contribution in [3.63, 3.8) is 0 Å². The number of aromatic amines is 1. The molecule has 1 aromatic heterocycles. The molecule has 1 saturated carbocycles. The standard InChI is InChI=1S/C21H28ClN3O3/c1-20(2,3)28-19(27)24-13-21(8-4-5-9-21)25-18(26)10-14-12-23-17-11-15(22)6-7-16(14)17/h6-7,11-12,23H,4-5,8-10,13H2,1-3H3,(H,24,27)(H,25,26). The molecule has 2 amide bonds. The van der Waals surface area contributed by atoms with Crippen molar-refractivity contribution in [1.29, 1.82) is 0 Å². The Morgan fingerprint density at radius 3 is 2.64 bits per heavy atom. The molecule has 0 aliphatic heterocycles. The van der Waals surface area contributed by atoms with E-state index in [9.17, 15) is 9.59 Å². The number of ether oxygens (including phenoxy) is 1. The highest BCUT2D eigenvalue weighted by atomic mass is 35.5. The van der Waals surface area contributed by atoms with E-state index in [1.54, 1.807) is 0 Å². The normalized spacial score (nSPS) is 16.1. The molecule has 2 aromatic rings. The van der Waals surface area contributed by atoms with Crippen LogP contribution < -0.4 is 10.6 Å². The smallest absolute Gasteiger partial charge is 0.407 e. The van der Waals surface area contributed by atoms with E-state index in [2.05, 4.69) is 15.6 Å². The topological polar surface area (TPSA) is 83.2 Å². The first-order valence-electron chi connectivity index (χ1n) is 9.69. The van der Waals surface area contributed by atoms with Crippen LogP contribution in [-0.2, 0) is 16.0 Å². The molecular formula is C21H28ClN3O3. The third kappa shape index (κ3) is 5.19. The first-order chi connectivity index (χ1) is 13.2. The molecule has 1 aromatic carbocycles. The van der Waals surface area contributed by atoms with Gasteiger partial charge in [-0.3, -0.25) is 4.79 Å². The van der Waals surface area contributed by atoms with E-state index in [-0.39, 0.29) is 12.3 Å². The van der Waals surface area contributed by atoms with Gasteiger partial charge in [-0.2, -0.15) is 0 Å². The summed E-state index contributed by atoms with van der Waals surface area (Å²) in [6.07, 6.45) is 5.41. The Morgan fingerprint density at radius 1 is 1.25 bits per heavy atom. The predicted octanol–water partition coefficient (Wildman–Crippen LogP) is 4.32. The number of hydrogen-bond acceptors (Lipinski definition) is 3. The van der Waals surface area contributed by atoms with Gasteiger partial charge in [0, 0.05) is 28.7 Å². The maximum absolute atomic E-state index is 12.8. The fourth-order valence-electron chi connectivity index (χ4n) is 3.77. The van der Waals surface area contributed by atoms with E-state index in [0.717, 1.165) is 42.1 Å². The summed E-state index contributed by atoms with van der Waals surface area (Å²) in [7, 11) is 0. The number of amides is 2. The largest absolute Gasteiger partial charge is 0.444 e. The highest BCUT2D eigenvalue weighted by molar-refractivity contribution is 6.31. The van der Waals surface area contributed by atoms with Crippen molar-refractivity contribution in [2.24, 2.45) is 0 Å². The van der Waals surface area contributed by atoms with Crippen molar-refractivity contribution in [1.82, 2.24) is 15.6 Å². The van der Waals surface area contributed by atoms with Gasteiger partial charge in [0.05, 0.1) is 12.0 Å². The Hall–Kier alpha value is -2.21. The second kappa shape index (κ2) is 8.03. The van der Waals surface area contributed by atoms with Crippen LogP contribution in [0.2, 0.25) is 5.02 Å². The lowest BCUT2D eigenvalue weighted by atomic mass is 9.96. The molecule has 1 heterocycles. The first-order valence-corrected chi connectivity index (χ1v) is 10.1. The minimum absolute atomic E-state index is 0.0521. The summed E-state index contributed by atoms with van der Waals surface area (Å²) in [4.78, 5) is 27.9. The molecule has 0 spiro atoms. The molecule has 1 aliphatic rings. The zero-order valence-electron chi connectivity index (χ0n) is 16.7. The number of nitrogens with one attached hydrogen (secondary N) is 3. The third-order valence-corrected chi connectivity index (χ3v) is 5.25. The zero-order chi connectivity index (χ0) is 20.4. The monoisotopic (exact) mass is 405 g/mol. The van der Waals surface area contributed by atoms with Gasteiger partial charge in [0.2, 0.25) is 5.91 Å². The van der Waals surface area contributed by atoms with Crippen LogP contribution in [0.15, 0.2) is 24.4 Å². The fraction of sp³-hybridized carbons (Fsp3) is 0.524. The summed E-state index contributed by atoms with van der Waals surface area (Å²) in [5.41, 5.74) is 0.882. The number of alkyl carbamates (subject to hydrolysis) is 1. The zero-order valence-corrected chi connectivity index (χ0v) is 17.4. The number of carbonyl (C=O) groups is 2. The molecule has 28 heavy (non-hydrogen) atoms. The molecule has 0 saturated heterocycles. The van der Waals surface area contributed by atoms with Crippen LogP contribution in [-0.4, -0.2) is 34.7 Å². The van der Waals surface area contributed by atoms with E-state index in [4.69, 9.17) is 16.3 Å². The predicted molar refractivity (Wildman–Crippen MR) is 111 cm³/mol. The Bertz CT molecular complexity index is 863. The minimum atomic E-state index is -0.547. The Morgan fingerprint density at radius 2 is 1.96 bits per heavy atom. The van der Waals surface area contributed by atoms with Crippen LogP contribution in [0.5, 0.6) is 0 Å². The van der Waals surface area contributed by atoms with E-state index in [1.165, 1.54) is 0 Å². The number of aromatic nitrogens is 1. The number of rotatable bonds is 5. The van der Waals surface area contributed by atoms with E-state index >= 15 is 0 Å². The van der Waals surface area contributed by atoms with Crippen molar-refractivity contribution < 1.29 is 14.3 Å². The summed E-state index contributed by atoms with van der Waals surface area (Å²) in [5.74, 6) is -0.0521. The van der Waals surface area contributed by atoms with Crippen molar-refractivity contribution in [2.75, 3.05) is 6.54 Å². The van der Waals surface area contributed by atoms with Crippen molar-refractivity contribution in [2.45, 2.75) is 64.0 Å². The van der Waals surface area contributed by atoms with E-state index in [0.29, 0.717) is 11.6 Å². The van der Waals surface area contributed by atoms with Gasteiger partial charge in [-0.05, 0) is 51.3 Å². The second-order valence-electron chi connectivity index (χ2n) is 8.57. The van der Waals surface area contributed by atoms with Crippen LogP contribution in [0.3, 0.4) is 0 Å². The van der Waals surface area contributed by atoms with Gasteiger partial charge in [-0.1, -0.05) is 30.5 Å². The lowest BCUT2D eigenvalue weighted by molar-refractivity contribution is -0.122. The Labute approximate surface area is 170 Å².